The number of hydrogen-bond donors (Lipinski definition) is 1. The number of nitrogens with two attached hydrogens (primary N) is 1. The van der Waals surface area contributed by atoms with E-state index < -0.39 is 0 Å². The number of hydrogen-bond acceptors (Lipinski definition) is 8. The van der Waals surface area contributed by atoms with E-state index in [0.717, 1.165) is 48.7 Å². The summed E-state index contributed by atoms with van der Waals surface area (Å²) in [4.78, 5) is 20.5. The average Bonchev–Trinajstić information content (AvgIpc) is 3.20. The molecule has 0 saturated carbocycles. The third kappa shape index (κ3) is 2.89. The maximum atomic E-state index is 6.19. The minimum Gasteiger partial charge on any atom is -0.494 e. The molecule has 0 amide bonds. The summed E-state index contributed by atoms with van der Waals surface area (Å²) in [5, 5.41) is 5.58. The van der Waals surface area contributed by atoms with Gasteiger partial charge in [-0.1, -0.05) is 6.07 Å². The summed E-state index contributed by atoms with van der Waals surface area (Å²) >= 11 is 0. The van der Waals surface area contributed by atoms with Crippen molar-refractivity contribution in [1.29, 1.82) is 0 Å². The Labute approximate surface area is 167 Å². The minimum atomic E-state index is 0.185. The van der Waals surface area contributed by atoms with E-state index in [1.807, 2.05) is 25.1 Å². The zero-order valence-electron chi connectivity index (χ0n) is 16.4. The molecule has 0 radical (unpaired) electrons. The van der Waals surface area contributed by atoms with Crippen LogP contribution < -0.4 is 15.4 Å². The van der Waals surface area contributed by atoms with Crippen molar-refractivity contribution in [1.82, 2.24) is 29.5 Å². The summed E-state index contributed by atoms with van der Waals surface area (Å²) in [6.07, 6.45) is 5.51. The van der Waals surface area contributed by atoms with Crippen LogP contribution in [0.25, 0.3) is 16.6 Å². The lowest BCUT2D eigenvalue weighted by molar-refractivity contribution is 0.419. The molecule has 1 fully saturated rings. The van der Waals surface area contributed by atoms with Crippen LogP contribution in [-0.2, 0) is 0 Å². The summed E-state index contributed by atoms with van der Waals surface area (Å²) in [6, 6.07) is 5.76. The highest BCUT2D eigenvalue weighted by atomic mass is 16.5. The van der Waals surface area contributed by atoms with Crippen molar-refractivity contribution in [3.8, 4) is 5.75 Å². The summed E-state index contributed by atoms with van der Waals surface area (Å²) in [5.41, 5.74) is 8.52. The zero-order chi connectivity index (χ0) is 20.0. The summed E-state index contributed by atoms with van der Waals surface area (Å²) < 4.78 is 7.06. The van der Waals surface area contributed by atoms with Crippen LogP contribution in [-0.4, -0.2) is 49.7 Å². The third-order valence-corrected chi connectivity index (χ3v) is 5.47. The lowest BCUT2D eigenvalue weighted by Gasteiger charge is -2.32. The number of methoxy groups -OCH3 is 1. The van der Waals surface area contributed by atoms with Crippen LogP contribution in [0.1, 0.15) is 30.3 Å². The molecule has 1 atom stereocenters. The van der Waals surface area contributed by atoms with Crippen molar-refractivity contribution in [3.63, 3.8) is 0 Å². The minimum absolute atomic E-state index is 0.185. The predicted octanol–water partition coefficient (Wildman–Crippen LogP) is 2.35. The van der Waals surface area contributed by atoms with Gasteiger partial charge in [-0.25, -0.2) is 15.0 Å². The summed E-state index contributed by atoms with van der Waals surface area (Å²) in [7, 11) is 1.62. The predicted molar refractivity (Wildman–Crippen MR) is 110 cm³/mol. The molecule has 148 valence electrons. The van der Waals surface area contributed by atoms with Crippen LogP contribution in [0.15, 0.2) is 30.6 Å². The van der Waals surface area contributed by atoms with E-state index in [9.17, 15) is 0 Å². The molecule has 1 aliphatic rings. The number of anilines is 2. The second-order valence-corrected chi connectivity index (χ2v) is 7.28. The first kappa shape index (κ1) is 17.6. The second kappa shape index (κ2) is 6.84. The lowest BCUT2D eigenvalue weighted by atomic mass is 9.97. The summed E-state index contributed by atoms with van der Waals surface area (Å²) in [6.45, 7) is 3.74. The number of piperidine rings is 1. The Bertz CT molecular complexity index is 1200. The molecule has 5 rings (SSSR count). The van der Waals surface area contributed by atoms with Crippen molar-refractivity contribution in [2.45, 2.75) is 25.7 Å². The highest BCUT2D eigenvalue weighted by Gasteiger charge is 2.27. The van der Waals surface area contributed by atoms with Crippen LogP contribution in [0, 0.1) is 6.92 Å². The van der Waals surface area contributed by atoms with E-state index in [1.54, 1.807) is 24.0 Å². The van der Waals surface area contributed by atoms with Gasteiger partial charge in [0.2, 0.25) is 5.95 Å². The lowest BCUT2D eigenvalue weighted by Crippen LogP contribution is -2.36. The van der Waals surface area contributed by atoms with Crippen LogP contribution >= 0.6 is 0 Å². The monoisotopic (exact) mass is 390 g/mol. The molecule has 9 nitrogen and oxygen atoms in total. The molecule has 9 heteroatoms. The van der Waals surface area contributed by atoms with Crippen LogP contribution in [0.3, 0.4) is 0 Å². The molecule has 29 heavy (non-hydrogen) atoms. The van der Waals surface area contributed by atoms with Crippen molar-refractivity contribution < 1.29 is 4.74 Å². The Hall–Kier alpha value is -3.49. The summed E-state index contributed by atoms with van der Waals surface area (Å²) in [5.74, 6) is 2.86. The first-order valence-corrected chi connectivity index (χ1v) is 9.67. The van der Waals surface area contributed by atoms with Gasteiger partial charge >= 0.3 is 0 Å². The first-order valence-electron chi connectivity index (χ1n) is 9.67. The number of para-hydroxylation sites is 1. The SMILES string of the molecule is COc1cccc2c1nc(N)n1nc([C@@H]3CCCN(c4nccnc4C)C3)nc21. The van der Waals surface area contributed by atoms with Gasteiger partial charge in [0.25, 0.3) is 0 Å². The van der Waals surface area contributed by atoms with E-state index in [4.69, 9.17) is 20.6 Å². The van der Waals surface area contributed by atoms with Gasteiger partial charge in [-0.15, -0.1) is 5.10 Å². The van der Waals surface area contributed by atoms with E-state index in [1.165, 1.54) is 0 Å². The van der Waals surface area contributed by atoms with Gasteiger partial charge in [0.1, 0.15) is 17.1 Å². The van der Waals surface area contributed by atoms with Crippen molar-refractivity contribution in [2.24, 2.45) is 0 Å². The Kier molecular flexibility index (Phi) is 4.15. The highest BCUT2D eigenvalue weighted by Crippen LogP contribution is 2.31. The molecule has 1 aromatic carbocycles. The van der Waals surface area contributed by atoms with Gasteiger partial charge in [-0.3, -0.25) is 4.98 Å². The van der Waals surface area contributed by atoms with Gasteiger partial charge < -0.3 is 15.4 Å². The molecule has 2 N–H and O–H groups in total. The molecular formula is C20H22N8O. The van der Waals surface area contributed by atoms with Gasteiger partial charge in [0.15, 0.2) is 11.5 Å². The van der Waals surface area contributed by atoms with Gasteiger partial charge in [0, 0.05) is 36.8 Å². The van der Waals surface area contributed by atoms with Gasteiger partial charge in [0.05, 0.1) is 12.8 Å². The number of nitrogens with zero attached hydrogens (tertiary/aromatic N) is 7. The molecule has 4 aromatic rings. The maximum absolute atomic E-state index is 6.19. The van der Waals surface area contributed by atoms with Gasteiger partial charge in [-0.2, -0.15) is 4.52 Å². The number of aromatic nitrogens is 6. The molecule has 0 unspecified atom stereocenters. The van der Waals surface area contributed by atoms with E-state index in [2.05, 4.69) is 19.9 Å². The molecule has 1 aliphatic heterocycles. The van der Waals surface area contributed by atoms with E-state index in [-0.39, 0.29) is 5.92 Å². The normalized spacial score (nSPS) is 17.2. The highest BCUT2D eigenvalue weighted by molar-refractivity contribution is 5.95. The first-order chi connectivity index (χ1) is 14.2. The Balaban J connectivity index is 1.56. The molecule has 3 aromatic heterocycles. The number of nitrogen functional groups attached to an aromatic ring is 1. The Morgan fingerprint density at radius 3 is 2.86 bits per heavy atom. The number of benzene rings is 1. The fourth-order valence-corrected chi connectivity index (χ4v) is 4.07. The quantitative estimate of drug-likeness (QED) is 0.568. The van der Waals surface area contributed by atoms with Crippen molar-refractivity contribution >= 4 is 28.3 Å². The van der Waals surface area contributed by atoms with Crippen molar-refractivity contribution in [2.75, 3.05) is 30.8 Å². The van der Waals surface area contributed by atoms with Crippen molar-refractivity contribution in [3.05, 3.63) is 42.1 Å². The Morgan fingerprint density at radius 1 is 1.17 bits per heavy atom. The second-order valence-electron chi connectivity index (χ2n) is 7.28. The third-order valence-electron chi connectivity index (χ3n) is 5.47. The molecule has 0 aliphatic carbocycles. The largest absolute Gasteiger partial charge is 0.494 e. The van der Waals surface area contributed by atoms with Crippen LogP contribution in [0.2, 0.25) is 0 Å². The smallest absolute Gasteiger partial charge is 0.223 e. The standard InChI is InChI=1S/C20H22N8O/c1-12-18(23-9-8-22-12)27-10-4-5-13(11-27)17-25-19-14-6-3-7-15(29-2)16(14)24-20(21)28(19)26-17/h3,6-9,13H,4-5,10-11H2,1-2H3,(H2,21,24)/t13-/m1/s1. The number of rotatable bonds is 3. The van der Waals surface area contributed by atoms with E-state index >= 15 is 0 Å². The van der Waals surface area contributed by atoms with Gasteiger partial charge in [-0.05, 0) is 31.9 Å². The number of ether oxygens (including phenoxy) is 1. The fourth-order valence-electron chi connectivity index (χ4n) is 4.07. The number of aryl methyl sites for hydroxylation is 1. The topological polar surface area (TPSA) is 107 Å². The van der Waals surface area contributed by atoms with Crippen LogP contribution in [0.5, 0.6) is 5.75 Å². The maximum Gasteiger partial charge on any atom is 0.223 e. The number of fused-ring (bicyclic) bond motifs is 3. The molecule has 0 spiro atoms. The van der Waals surface area contributed by atoms with E-state index in [0.29, 0.717) is 22.9 Å². The molecule has 4 heterocycles. The molecule has 0 bridgehead atoms. The molecule has 1 saturated heterocycles. The zero-order valence-corrected chi connectivity index (χ0v) is 16.4. The fraction of sp³-hybridized carbons (Fsp3) is 0.350. The molecular weight excluding hydrogens is 368 g/mol. The average molecular weight is 390 g/mol. The van der Waals surface area contributed by atoms with Crippen LogP contribution in [0.4, 0.5) is 11.8 Å². The Morgan fingerprint density at radius 2 is 2.03 bits per heavy atom.